The van der Waals surface area contributed by atoms with E-state index in [-0.39, 0.29) is 22.4 Å². The van der Waals surface area contributed by atoms with Gasteiger partial charge in [0.1, 0.15) is 18.9 Å². The van der Waals surface area contributed by atoms with E-state index in [1.807, 2.05) is 23.1 Å². The lowest BCUT2D eigenvalue weighted by atomic mass is 9.95. The first kappa shape index (κ1) is 20.0. The van der Waals surface area contributed by atoms with Crippen LogP contribution in [0.1, 0.15) is 18.4 Å². The van der Waals surface area contributed by atoms with Crippen LogP contribution in [0.4, 0.5) is 11.4 Å². The van der Waals surface area contributed by atoms with Gasteiger partial charge in [0, 0.05) is 31.6 Å². The van der Waals surface area contributed by atoms with E-state index in [0.29, 0.717) is 51.4 Å². The van der Waals surface area contributed by atoms with E-state index in [0.717, 1.165) is 23.5 Å². The van der Waals surface area contributed by atoms with E-state index in [1.165, 1.54) is 6.07 Å². The normalized spacial score (nSPS) is 16.2. The van der Waals surface area contributed by atoms with Gasteiger partial charge in [-0.3, -0.25) is 14.9 Å². The summed E-state index contributed by atoms with van der Waals surface area (Å²) in [7, 11) is 0. The van der Waals surface area contributed by atoms with Crippen LogP contribution in [-0.2, 0) is 11.2 Å². The van der Waals surface area contributed by atoms with Gasteiger partial charge in [-0.2, -0.15) is 0 Å². The van der Waals surface area contributed by atoms with Gasteiger partial charge in [-0.15, -0.1) is 0 Å². The Hall–Kier alpha value is -3.29. The third-order valence-electron chi connectivity index (χ3n) is 5.60. The molecule has 1 N–H and O–H groups in total. The van der Waals surface area contributed by atoms with Crippen molar-refractivity contribution >= 4 is 17.3 Å². The number of anilines is 1. The average molecular weight is 411 g/mol. The summed E-state index contributed by atoms with van der Waals surface area (Å²) in [5.41, 5.74) is 1.82. The molecule has 2 aromatic carbocycles. The lowest BCUT2D eigenvalue weighted by molar-refractivity contribution is -0.384. The lowest BCUT2D eigenvalue weighted by Gasteiger charge is -2.32. The molecule has 2 heterocycles. The SMILES string of the molecule is O=C(NCCc1ccc2c(c1)OCCO2)C1CCN(c2ccccc2[N+](=O)[O-])CC1. The number of hydrogen-bond acceptors (Lipinski definition) is 6. The summed E-state index contributed by atoms with van der Waals surface area (Å²) >= 11 is 0. The Bertz CT molecular complexity index is 925. The van der Waals surface area contributed by atoms with Crippen molar-refractivity contribution in [3.05, 3.63) is 58.1 Å². The molecule has 8 nitrogen and oxygen atoms in total. The molecule has 2 aromatic rings. The van der Waals surface area contributed by atoms with Crippen LogP contribution in [0.2, 0.25) is 0 Å². The lowest BCUT2D eigenvalue weighted by Crippen LogP contribution is -2.41. The van der Waals surface area contributed by atoms with Crippen LogP contribution in [-0.4, -0.2) is 43.7 Å². The average Bonchev–Trinajstić information content (AvgIpc) is 2.79. The van der Waals surface area contributed by atoms with Crippen LogP contribution in [0.3, 0.4) is 0 Å². The molecule has 1 fully saturated rings. The number of nitro benzene ring substituents is 1. The summed E-state index contributed by atoms with van der Waals surface area (Å²) in [5, 5.41) is 14.3. The predicted octanol–water partition coefficient (Wildman–Crippen LogP) is 2.94. The molecule has 8 heteroatoms. The first-order chi connectivity index (χ1) is 14.6. The van der Waals surface area contributed by atoms with Crippen molar-refractivity contribution in [2.75, 3.05) is 37.7 Å². The zero-order chi connectivity index (χ0) is 20.9. The van der Waals surface area contributed by atoms with Crippen molar-refractivity contribution < 1.29 is 19.2 Å². The van der Waals surface area contributed by atoms with Crippen molar-refractivity contribution in [2.45, 2.75) is 19.3 Å². The molecule has 0 saturated carbocycles. The van der Waals surface area contributed by atoms with Crippen molar-refractivity contribution in [3.8, 4) is 11.5 Å². The number of fused-ring (bicyclic) bond motifs is 1. The van der Waals surface area contributed by atoms with Crippen molar-refractivity contribution in [2.24, 2.45) is 5.92 Å². The number of carbonyl (C=O) groups excluding carboxylic acids is 1. The smallest absolute Gasteiger partial charge is 0.292 e. The van der Waals surface area contributed by atoms with Crippen LogP contribution in [0.15, 0.2) is 42.5 Å². The summed E-state index contributed by atoms with van der Waals surface area (Å²) in [5.74, 6) is 1.51. The van der Waals surface area contributed by atoms with E-state index in [1.54, 1.807) is 18.2 Å². The number of amides is 1. The number of nitrogens with one attached hydrogen (secondary N) is 1. The minimum atomic E-state index is -0.355. The number of carbonyl (C=O) groups is 1. The van der Waals surface area contributed by atoms with Gasteiger partial charge in [0.25, 0.3) is 5.69 Å². The fourth-order valence-corrected chi connectivity index (χ4v) is 3.99. The van der Waals surface area contributed by atoms with Gasteiger partial charge in [-0.05, 0) is 43.0 Å². The quantitative estimate of drug-likeness (QED) is 0.580. The number of nitro groups is 1. The molecule has 30 heavy (non-hydrogen) atoms. The Kier molecular flexibility index (Phi) is 6.02. The zero-order valence-corrected chi connectivity index (χ0v) is 16.7. The third kappa shape index (κ3) is 4.48. The van der Waals surface area contributed by atoms with Gasteiger partial charge in [0.2, 0.25) is 5.91 Å². The molecule has 0 atom stereocenters. The largest absolute Gasteiger partial charge is 0.486 e. The Labute approximate surface area is 174 Å². The highest BCUT2D eigenvalue weighted by Crippen LogP contribution is 2.32. The Morgan fingerprint density at radius 2 is 1.83 bits per heavy atom. The summed E-state index contributed by atoms with van der Waals surface area (Å²) in [6.45, 7) is 2.94. The minimum Gasteiger partial charge on any atom is -0.486 e. The fourth-order valence-electron chi connectivity index (χ4n) is 3.99. The van der Waals surface area contributed by atoms with Gasteiger partial charge in [0.15, 0.2) is 11.5 Å². The van der Waals surface area contributed by atoms with Gasteiger partial charge in [0.05, 0.1) is 4.92 Å². The first-order valence-corrected chi connectivity index (χ1v) is 10.3. The van der Waals surface area contributed by atoms with Crippen LogP contribution < -0.4 is 19.7 Å². The molecule has 0 spiro atoms. The van der Waals surface area contributed by atoms with E-state index in [4.69, 9.17) is 9.47 Å². The van der Waals surface area contributed by atoms with E-state index in [9.17, 15) is 14.9 Å². The van der Waals surface area contributed by atoms with Gasteiger partial charge >= 0.3 is 0 Å². The number of para-hydroxylation sites is 2. The van der Waals surface area contributed by atoms with E-state index in [2.05, 4.69) is 5.32 Å². The summed E-state index contributed by atoms with van der Waals surface area (Å²) in [6, 6.07) is 12.6. The van der Waals surface area contributed by atoms with E-state index < -0.39 is 0 Å². The predicted molar refractivity (Wildman–Crippen MR) is 112 cm³/mol. The second kappa shape index (κ2) is 9.02. The first-order valence-electron chi connectivity index (χ1n) is 10.3. The molecule has 158 valence electrons. The molecule has 0 unspecified atom stereocenters. The van der Waals surface area contributed by atoms with E-state index >= 15 is 0 Å². The highest BCUT2D eigenvalue weighted by Gasteiger charge is 2.27. The molecule has 4 rings (SSSR count). The van der Waals surface area contributed by atoms with Crippen LogP contribution >= 0.6 is 0 Å². The Morgan fingerprint density at radius 3 is 2.60 bits per heavy atom. The minimum absolute atomic E-state index is 0.0507. The molecule has 0 radical (unpaired) electrons. The maximum Gasteiger partial charge on any atom is 0.292 e. The molecular formula is C22H25N3O5. The monoisotopic (exact) mass is 411 g/mol. The highest BCUT2D eigenvalue weighted by molar-refractivity contribution is 5.79. The van der Waals surface area contributed by atoms with Gasteiger partial charge in [-0.25, -0.2) is 0 Å². The zero-order valence-electron chi connectivity index (χ0n) is 16.7. The van der Waals surface area contributed by atoms with Crippen LogP contribution in [0.5, 0.6) is 11.5 Å². The number of hydrogen-bond donors (Lipinski definition) is 1. The molecule has 1 amide bonds. The Morgan fingerprint density at radius 1 is 1.10 bits per heavy atom. The standard InChI is InChI=1S/C22H25N3O5/c26-22(23-10-7-16-5-6-20-21(15-16)30-14-13-29-20)17-8-11-24(12-9-17)18-3-1-2-4-19(18)25(27)28/h1-6,15,17H,7-14H2,(H,23,26). The highest BCUT2D eigenvalue weighted by atomic mass is 16.6. The number of rotatable bonds is 6. The molecule has 0 bridgehead atoms. The third-order valence-corrected chi connectivity index (χ3v) is 5.60. The number of piperidine rings is 1. The van der Waals surface area contributed by atoms with Gasteiger partial charge in [-0.1, -0.05) is 18.2 Å². The topological polar surface area (TPSA) is 93.9 Å². The molecule has 1 saturated heterocycles. The second-order valence-corrected chi connectivity index (χ2v) is 7.53. The van der Waals surface area contributed by atoms with Crippen molar-refractivity contribution in [1.82, 2.24) is 5.32 Å². The summed E-state index contributed by atoms with van der Waals surface area (Å²) in [6.07, 6.45) is 2.08. The molecule has 0 aliphatic carbocycles. The molecule has 2 aliphatic heterocycles. The van der Waals surface area contributed by atoms with Crippen molar-refractivity contribution in [3.63, 3.8) is 0 Å². The molecular weight excluding hydrogens is 386 g/mol. The number of ether oxygens (including phenoxy) is 2. The second-order valence-electron chi connectivity index (χ2n) is 7.53. The fraction of sp³-hybridized carbons (Fsp3) is 0.409. The van der Waals surface area contributed by atoms with Crippen molar-refractivity contribution in [1.29, 1.82) is 0 Å². The maximum atomic E-state index is 12.6. The molecule has 2 aliphatic rings. The number of benzene rings is 2. The van der Waals surface area contributed by atoms with Gasteiger partial charge < -0.3 is 19.7 Å². The summed E-state index contributed by atoms with van der Waals surface area (Å²) < 4.78 is 11.1. The van der Waals surface area contributed by atoms with Crippen LogP contribution in [0, 0.1) is 16.0 Å². The number of nitrogens with zero attached hydrogens (tertiary/aromatic N) is 2. The Balaban J connectivity index is 1.25. The van der Waals surface area contributed by atoms with Crippen LogP contribution in [0.25, 0.3) is 0 Å². The molecule has 0 aromatic heterocycles. The summed E-state index contributed by atoms with van der Waals surface area (Å²) in [4.78, 5) is 25.5. The maximum absolute atomic E-state index is 12.6.